The van der Waals surface area contributed by atoms with E-state index in [4.69, 9.17) is 4.99 Å². The van der Waals surface area contributed by atoms with Gasteiger partial charge in [-0.1, -0.05) is 49.7 Å². The summed E-state index contributed by atoms with van der Waals surface area (Å²) in [5.74, 6) is 1.02. The van der Waals surface area contributed by atoms with Crippen molar-refractivity contribution in [2.45, 2.75) is 31.4 Å². The molecule has 3 heteroatoms. The minimum Gasteiger partial charge on any atom is -0.302 e. The SMILES string of the molecule is CCN(CC)CCN=C1c2ccccc2CSc2ccc(C)cc21. The summed E-state index contributed by atoms with van der Waals surface area (Å²) in [5.41, 5.74) is 6.45. The highest BCUT2D eigenvalue weighted by Crippen LogP contribution is 2.34. The van der Waals surface area contributed by atoms with E-state index in [1.54, 1.807) is 0 Å². The largest absolute Gasteiger partial charge is 0.302 e. The van der Waals surface area contributed by atoms with Gasteiger partial charge in [-0.15, -0.1) is 11.8 Å². The smallest absolute Gasteiger partial charge is 0.0733 e. The lowest BCUT2D eigenvalue weighted by Crippen LogP contribution is -2.26. The molecule has 0 spiro atoms. The third kappa shape index (κ3) is 3.73. The van der Waals surface area contributed by atoms with Crippen LogP contribution >= 0.6 is 11.8 Å². The molecule has 0 saturated heterocycles. The van der Waals surface area contributed by atoms with E-state index in [0.717, 1.165) is 31.9 Å². The van der Waals surface area contributed by atoms with Crippen molar-refractivity contribution >= 4 is 17.5 Å². The molecule has 0 aromatic heterocycles. The quantitative estimate of drug-likeness (QED) is 0.779. The van der Waals surface area contributed by atoms with Crippen molar-refractivity contribution in [2.24, 2.45) is 4.99 Å². The first-order valence-electron chi connectivity index (χ1n) is 8.81. The molecule has 3 rings (SSSR count). The van der Waals surface area contributed by atoms with Crippen molar-refractivity contribution in [1.82, 2.24) is 4.90 Å². The monoisotopic (exact) mass is 338 g/mol. The molecule has 0 fully saturated rings. The molecule has 2 aromatic rings. The Balaban J connectivity index is 2.00. The second-order valence-electron chi connectivity index (χ2n) is 6.20. The zero-order valence-electron chi connectivity index (χ0n) is 14.9. The lowest BCUT2D eigenvalue weighted by Gasteiger charge is -2.17. The van der Waals surface area contributed by atoms with Crippen LogP contribution in [0.3, 0.4) is 0 Å². The molecule has 0 atom stereocenters. The lowest BCUT2D eigenvalue weighted by atomic mass is 9.97. The molecular formula is C21H26N2S. The molecule has 2 aromatic carbocycles. The van der Waals surface area contributed by atoms with E-state index in [0.29, 0.717) is 0 Å². The summed E-state index contributed by atoms with van der Waals surface area (Å²) in [7, 11) is 0. The lowest BCUT2D eigenvalue weighted by molar-refractivity contribution is 0.313. The van der Waals surface area contributed by atoms with E-state index in [1.165, 1.54) is 32.9 Å². The van der Waals surface area contributed by atoms with Gasteiger partial charge in [0.05, 0.1) is 12.3 Å². The van der Waals surface area contributed by atoms with Gasteiger partial charge in [-0.2, -0.15) is 0 Å². The molecule has 1 heterocycles. The number of likely N-dealkylation sites (N-methyl/N-ethyl adjacent to an activating group) is 1. The van der Waals surface area contributed by atoms with Gasteiger partial charge < -0.3 is 4.90 Å². The average Bonchev–Trinajstić information content (AvgIpc) is 2.76. The normalized spacial score (nSPS) is 15.2. The second kappa shape index (κ2) is 8.00. The van der Waals surface area contributed by atoms with E-state index < -0.39 is 0 Å². The number of hydrogen-bond donors (Lipinski definition) is 0. The van der Waals surface area contributed by atoms with Crippen LogP contribution in [0.5, 0.6) is 0 Å². The Morgan fingerprint density at radius 2 is 1.83 bits per heavy atom. The van der Waals surface area contributed by atoms with E-state index >= 15 is 0 Å². The maximum atomic E-state index is 5.06. The van der Waals surface area contributed by atoms with Gasteiger partial charge in [0.2, 0.25) is 0 Å². The molecular weight excluding hydrogens is 312 g/mol. The van der Waals surface area contributed by atoms with Gasteiger partial charge in [0.25, 0.3) is 0 Å². The highest BCUT2D eigenvalue weighted by atomic mass is 32.2. The molecule has 0 radical (unpaired) electrons. The standard InChI is InChI=1S/C21H26N2S/c1-4-23(5-2)13-12-22-21-18-9-7-6-8-17(18)15-24-20-11-10-16(3)14-19(20)21/h6-11,14H,4-5,12-13,15H2,1-3H3. The molecule has 0 amide bonds. The topological polar surface area (TPSA) is 15.6 Å². The van der Waals surface area contributed by atoms with Crippen LogP contribution < -0.4 is 0 Å². The van der Waals surface area contributed by atoms with Crippen molar-refractivity contribution in [1.29, 1.82) is 0 Å². The number of hydrogen-bond acceptors (Lipinski definition) is 3. The van der Waals surface area contributed by atoms with Crippen LogP contribution in [-0.2, 0) is 5.75 Å². The summed E-state index contributed by atoms with van der Waals surface area (Å²) < 4.78 is 0. The van der Waals surface area contributed by atoms with E-state index in [2.05, 4.69) is 68.1 Å². The molecule has 0 unspecified atom stereocenters. The van der Waals surface area contributed by atoms with Gasteiger partial charge in [0.15, 0.2) is 0 Å². The van der Waals surface area contributed by atoms with Crippen molar-refractivity contribution in [3.05, 3.63) is 64.7 Å². The number of rotatable bonds is 5. The summed E-state index contributed by atoms with van der Waals surface area (Å²) >= 11 is 1.92. The van der Waals surface area contributed by atoms with Crippen molar-refractivity contribution in [2.75, 3.05) is 26.2 Å². The summed E-state index contributed by atoms with van der Waals surface area (Å²) in [6.45, 7) is 10.6. The van der Waals surface area contributed by atoms with Crippen LogP contribution in [0, 0.1) is 6.92 Å². The minimum atomic E-state index is 0.851. The zero-order valence-corrected chi connectivity index (χ0v) is 15.7. The first-order valence-corrected chi connectivity index (χ1v) is 9.80. The Bertz CT molecular complexity index is 732. The first-order chi connectivity index (χ1) is 11.7. The summed E-state index contributed by atoms with van der Waals surface area (Å²) in [4.78, 5) is 8.84. The minimum absolute atomic E-state index is 0.851. The number of benzene rings is 2. The Morgan fingerprint density at radius 3 is 2.62 bits per heavy atom. The molecule has 0 saturated carbocycles. The first kappa shape index (κ1) is 17.2. The van der Waals surface area contributed by atoms with E-state index in [1.807, 2.05) is 11.8 Å². The zero-order chi connectivity index (χ0) is 16.9. The predicted molar refractivity (Wildman–Crippen MR) is 105 cm³/mol. The molecule has 0 aliphatic carbocycles. The summed E-state index contributed by atoms with van der Waals surface area (Å²) in [6, 6.07) is 15.5. The van der Waals surface area contributed by atoms with Gasteiger partial charge in [-0.25, -0.2) is 0 Å². The van der Waals surface area contributed by atoms with Crippen LogP contribution in [0.2, 0.25) is 0 Å². The third-order valence-corrected chi connectivity index (χ3v) is 5.75. The van der Waals surface area contributed by atoms with Crippen molar-refractivity contribution in [3.63, 3.8) is 0 Å². The second-order valence-corrected chi connectivity index (χ2v) is 7.22. The van der Waals surface area contributed by atoms with Gasteiger partial charge in [0, 0.05) is 28.3 Å². The van der Waals surface area contributed by atoms with Crippen molar-refractivity contribution < 1.29 is 0 Å². The molecule has 24 heavy (non-hydrogen) atoms. The number of aryl methyl sites for hydroxylation is 1. The maximum Gasteiger partial charge on any atom is 0.0733 e. The van der Waals surface area contributed by atoms with Crippen LogP contribution in [0.4, 0.5) is 0 Å². The van der Waals surface area contributed by atoms with Gasteiger partial charge >= 0.3 is 0 Å². The fourth-order valence-corrected chi connectivity index (χ4v) is 4.18. The molecule has 0 bridgehead atoms. The molecule has 126 valence electrons. The number of thioether (sulfide) groups is 1. The van der Waals surface area contributed by atoms with Crippen LogP contribution in [0.1, 0.15) is 36.1 Å². The molecule has 1 aliphatic heterocycles. The highest BCUT2D eigenvalue weighted by molar-refractivity contribution is 7.98. The van der Waals surface area contributed by atoms with Crippen molar-refractivity contribution in [3.8, 4) is 0 Å². The highest BCUT2D eigenvalue weighted by Gasteiger charge is 2.19. The van der Waals surface area contributed by atoms with Crippen LogP contribution in [-0.4, -0.2) is 36.8 Å². The maximum absolute atomic E-state index is 5.06. The number of nitrogens with zero attached hydrogens (tertiary/aromatic N) is 2. The summed E-state index contributed by atoms with van der Waals surface area (Å²) in [5, 5.41) is 0. The molecule has 1 aliphatic rings. The van der Waals surface area contributed by atoms with Gasteiger partial charge in [-0.3, -0.25) is 4.99 Å². The summed E-state index contributed by atoms with van der Waals surface area (Å²) in [6.07, 6.45) is 0. The third-order valence-electron chi connectivity index (χ3n) is 4.63. The molecule has 2 nitrogen and oxygen atoms in total. The fourth-order valence-electron chi connectivity index (χ4n) is 3.15. The van der Waals surface area contributed by atoms with Crippen LogP contribution in [0.15, 0.2) is 52.4 Å². The van der Waals surface area contributed by atoms with E-state index in [9.17, 15) is 0 Å². The Hall–Kier alpha value is -1.58. The Kier molecular flexibility index (Phi) is 5.75. The van der Waals surface area contributed by atoms with Crippen LogP contribution in [0.25, 0.3) is 0 Å². The number of aliphatic imine (C=N–C) groups is 1. The Morgan fingerprint density at radius 1 is 1.04 bits per heavy atom. The number of fused-ring (bicyclic) bond motifs is 2. The predicted octanol–water partition coefficient (Wildman–Crippen LogP) is 4.78. The van der Waals surface area contributed by atoms with E-state index in [-0.39, 0.29) is 0 Å². The van der Waals surface area contributed by atoms with Gasteiger partial charge in [-0.05, 0) is 37.7 Å². The molecule has 0 N–H and O–H groups in total. The van der Waals surface area contributed by atoms with Gasteiger partial charge in [0.1, 0.15) is 0 Å². The fraction of sp³-hybridized carbons (Fsp3) is 0.381. The average molecular weight is 339 g/mol. The Labute approximate surface area is 150 Å².